The summed E-state index contributed by atoms with van der Waals surface area (Å²) in [5.74, 6) is -0.388. The van der Waals surface area contributed by atoms with E-state index in [9.17, 15) is 19.5 Å². The molecule has 3 atom stereocenters. The van der Waals surface area contributed by atoms with Crippen molar-refractivity contribution in [2.24, 2.45) is 0 Å². The summed E-state index contributed by atoms with van der Waals surface area (Å²) < 4.78 is 18.3. The maximum atomic E-state index is 13.3. The Morgan fingerprint density at radius 2 is 1.62 bits per heavy atom. The molecule has 3 aliphatic rings. The van der Waals surface area contributed by atoms with Gasteiger partial charge in [-0.25, -0.2) is 4.79 Å². The van der Waals surface area contributed by atoms with Crippen molar-refractivity contribution in [1.29, 1.82) is 0 Å². The molecule has 1 spiro atoms. The monoisotopic (exact) mass is 747 g/mol. The number of likely N-dealkylation sites (tertiary alicyclic amines) is 1. The third-order valence-corrected chi connectivity index (χ3v) is 10.7. The minimum absolute atomic E-state index is 0.0247. The molecule has 3 heterocycles. The maximum absolute atomic E-state index is 13.3. The molecule has 0 aromatic heterocycles. The summed E-state index contributed by atoms with van der Waals surface area (Å²) in [6, 6.07) is 33.7. The van der Waals surface area contributed by atoms with Crippen LogP contribution in [0.2, 0.25) is 0 Å². The van der Waals surface area contributed by atoms with Crippen LogP contribution >= 0.6 is 0 Å². The molecule has 7 rings (SSSR count). The highest BCUT2D eigenvalue weighted by Gasteiger charge is 2.50. The molecule has 0 aliphatic carbocycles. The van der Waals surface area contributed by atoms with Gasteiger partial charge in [-0.05, 0) is 71.8 Å². The molecular weight excluding hydrogens is 699 g/mol. The second kappa shape index (κ2) is 17.5. The van der Waals surface area contributed by atoms with Crippen molar-refractivity contribution in [3.8, 4) is 11.1 Å². The summed E-state index contributed by atoms with van der Waals surface area (Å²) in [4.78, 5) is 41.8. The molecule has 4 N–H and O–H groups in total. The van der Waals surface area contributed by atoms with Gasteiger partial charge in [-0.3, -0.25) is 9.59 Å². The molecule has 288 valence electrons. The number of nitrogens with one attached hydrogen (secondary N) is 3. The fourth-order valence-electron chi connectivity index (χ4n) is 7.79. The molecule has 3 saturated heterocycles. The number of amides is 3. The SMILES string of the molecule is CCOC(=O)CNC(=O)NCc1cccc(-c2cccc([C@H]3O[C@@H](CN4CCC5(CC4)C(=O)NCN5c4ccccc4)C[C@@H](c4ccc(CO)cc4)O3)c2)c1. The van der Waals surface area contributed by atoms with Gasteiger partial charge in [0.1, 0.15) is 12.1 Å². The number of esters is 1. The Morgan fingerprint density at radius 1 is 0.873 bits per heavy atom. The van der Waals surface area contributed by atoms with E-state index in [4.69, 9.17) is 14.2 Å². The number of carbonyl (C=O) groups excluding carboxylic acids is 3. The first-order valence-electron chi connectivity index (χ1n) is 19.0. The van der Waals surface area contributed by atoms with Crippen LogP contribution in [0.3, 0.4) is 0 Å². The number of hydrogen-bond donors (Lipinski definition) is 4. The van der Waals surface area contributed by atoms with Gasteiger partial charge in [0.15, 0.2) is 6.29 Å². The molecule has 0 unspecified atom stereocenters. The number of piperidine rings is 1. The third-order valence-electron chi connectivity index (χ3n) is 10.7. The number of aliphatic hydroxyl groups excluding tert-OH is 1. The Kier molecular flexibility index (Phi) is 12.1. The van der Waals surface area contributed by atoms with Crippen molar-refractivity contribution < 1.29 is 33.7 Å². The van der Waals surface area contributed by atoms with Crippen molar-refractivity contribution in [2.45, 2.75) is 63.4 Å². The lowest BCUT2D eigenvalue weighted by atomic mass is 9.85. The average Bonchev–Trinajstić information content (AvgIpc) is 3.54. The van der Waals surface area contributed by atoms with Crippen molar-refractivity contribution in [3.05, 3.63) is 125 Å². The topological polar surface area (TPSA) is 142 Å². The van der Waals surface area contributed by atoms with Gasteiger partial charge in [0.05, 0.1) is 32.1 Å². The van der Waals surface area contributed by atoms with Crippen LogP contribution in [0.5, 0.6) is 0 Å². The Bertz CT molecular complexity index is 1930. The van der Waals surface area contributed by atoms with E-state index < -0.39 is 23.8 Å². The van der Waals surface area contributed by atoms with Crippen LogP contribution in [0, 0.1) is 0 Å². The highest BCUT2D eigenvalue weighted by molar-refractivity contribution is 5.93. The quantitative estimate of drug-likeness (QED) is 0.144. The molecule has 3 amide bonds. The molecule has 3 fully saturated rings. The molecule has 4 aromatic rings. The zero-order valence-electron chi connectivity index (χ0n) is 31.1. The van der Waals surface area contributed by atoms with Gasteiger partial charge >= 0.3 is 12.0 Å². The predicted molar refractivity (Wildman–Crippen MR) is 208 cm³/mol. The van der Waals surface area contributed by atoms with Gasteiger partial charge in [0, 0.05) is 43.9 Å². The normalized spacial score (nSPS) is 20.9. The highest BCUT2D eigenvalue weighted by atomic mass is 16.7. The molecule has 55 heavy (non-hydrogen) atoms. The first-order valence-corrected chi connectivity index (χ1v) is 19.0. The molecule has 3 aliphatic heterocycles. The second-order valence-electron chi connectivity index (χ2n) is 14.3. The minimum atomic E-state index is -0.625. The van der Waals surface area contributed by atoms with Crippen molar-refractivity contribution in [2.75, 3.05) is 44.4 Å². The lowest BCUT2D eigenvalue weighted by molar-refractivity contribution is -0.253. The fraction of sp³-hybridized carbons (Fsp3) is 0.372. The van der Waals surface area contributed by atoms with Crippen LogP contribution in [-0.2, 0) is 37.0 Å². The zero-order valence-corrected chi connectivity index (χ0v) is 31.1. The number of benzene rings is 4. The largest absolute Gasteiger partial charge is 0.465 e. The predicted octanol–water partition coefficient (Wildman–Crippen LogP) is 5.18. The van der Waals surface area contributed by atoms with E-state index in [0.717, 1.165) is 65.0 Å². The first-order chi connectivity index (χ1) is 26.8. The number of nitrogens with zero attached hydrogens (tertiary/aromatic N) is 2. The summed E-state index contributed by atoms with van der Waals surface area (Å²) in [5, 5.41) is 18.1. The summed E-state index contributed by atoms with van der Waals surface area (Å²) in [7, 11) is 0. The number of hydrogen-bond acceptors (Lipinski definition) is 9. The summed E-state index contributed by atoms with van der Waals surface area (Å²) in [6.45, 7) is 4.79. The molecule has 12 nitrogen and oxygen atoms in total. The summed E-state index contributed by atoms with van der Waals surface area (Å²) >= 11 is 0. The summed E-state index contributed by atoms with van der Waals surface area (Å²) in [6.07, 6.45) is 1.12. The van der Waals surface area contributed by atoms with Gasteiger partial charge in [0.25, 0.3) is 0 Å². The fourth-order valence-corrected chi connectivity index (χ4v) is 7.79. The minimum Gasteiger partial charge on any atom is -0.465 e. The smallest absolute Gasteiger partial charge is 0.325 e. The number of aliphatic hydroxyl groups is 1. The maximum Gasteiger partial charge on any atom is 0.325 e. The van der Waals surface area contributed by atoms with Gasteiger partial charge in [-0.1, -0.05) is 78.9 Å². The molecule has 12 heteroatoms. The standard InChI is InChI=1S/C43H49N5O7/c1-2-53-39(50)26-45-42(52)44-25-31-8-6-9-33(22-31)34-10-7-11-35(23-34)40-54-37(24-38(55-40)32-16-14-30(28-49)15-17-32)27-47-20-18-43(19-21-47)41(51)46-29-48(43)36-12-4-3-5-13-36/h3-17,22-23,37-38,40,49H,2,18-21,24-29H2,1H3,(H,46,51)(H2,44,45,52)/t37-,38+,40+/m1/s1. The van der Waals surface area contributed by atoms with Crippen LogP contribution in [0.1, 0.15) is 60.8 Å². The Labute approximate surface area is 321 Å². The molecule has 4 aromatic carbocycles. The van der Waals surface area contributed by atoms with Gasteiger partial charge in [0.2, 0.25) is 5.91 Å². The Balaban J connectivity index is 1.04. The van der Waals surface area contributed by atoms with Crippen LogP contribution in [0.25, 0.3) is 11.1 Å². The lowest BCUT2D eigenvalue weighted by Crippen LogP contribution is -2.57. The average molecular weight is 748 g/mol. The first kappa shape index (κ1) is 38.0. The van der Waals surface area contributed by atoms with Crippen molar-refractivity contribution in [1.82, 2.24) is 20.9 Å². The van der Waals surface area contributed by atoms with E-state index in [2.05, 4.69) is 43.9 Å². The van der Waals surface area contributed by atoms with Crippen LogP contribution < -0.4 is 20.9 Å². The van der Waals surface area contributed by atoms with Crippen LogP contribution in [-0.4, -0.2) is 79.0 Å². The second-order valence-corrected chi connectivity index (χ2v) is 14.3. The third kappa shape index (κ3) is 9.00. The highest BCUT2D eigenvalue weighted by Crippen LogP contribution is 2.41. The van der Waals surface area contributed by atoms with E-state index in [1.165, 1.54) is 0 Å². The number of anilines is 1. The van der Waals surface area contributed by atoms with E-state index in [1.807, 2.05) is 84.9 Å². The number of carbonyl (C=O) groups is 3. The van der Waals surface area contributed by atoms with Crippen LogP contribution in [0.4, 0.5) is 10.5 Å². The summed E-state index contributed by atoms with van der Waals surface area (Å²) in [5.41, 5.74) is 6.10. The molecule has 0 radical (unpaired) electrons. The Hall–Kier alpha value is -5.27. The van der Waals surface area contributed by atoms with E-state index in [-0.39, 0.29) is 44.4 Å². The van der Waals surface area contributed by atoms with Gasteiger partial charge in [-0.2, -0.15) is 0 Å². The Morgan fingerprint density at radius 3 is 2.36 bits per heavy atom. The lowest BCUT2D eigenvalue weighted by Gasteiger charge is -2.45. The van der Waals surface area contributed by atoms with E-state index >= 15 is 0 Å². The van der Waals surface area contributed by atoms with Gasteiger partial charge < -0.3 is 45.1 Å². The van der Waals surface area contributed by atoms with Crippen molar-refractivity contribution >= 4 is 23.6 Å². The zero-order chi connectivity index (χ0) is 38.2. The van der Waals surface area contributed by atoms with Gasteiger partial charge in [-0.15, -0.1) is 0 Å². The van der Waals surface area contributed by atoms with E-state index in [0.29, 0.717) is 19.6 Å². The molecule has 0 saturated carbocycles. The number of urea groups is 1. The van der Waals surface area contributed by atoms with Crippen LogP contribution in [0.15, 0.2) is 103 Å². The number of ether oxygens (including phenoxy) is 3. The number of rotatable bonds is 12. The van der Waals surface area contributed by atoms with E-state index in [1.54, 1.807) is 6.92 Å². The number of para-hydroxylation sites is 1. The van der Waals surface area contributed by atoms with Crippen molar-refractivity contribution in [3.63, 3.8) is 0 Å². The molecule has 0 bridgehead atoms. The molecular formula is C43H49N5O7.